The van der Waals surface area contributed by atoms with Crippen molar-refractivity contribution in [2.75, 3.05) is 0 Å². The molecular weight excluding hydrogens is 146 g/mol. The average molecular weight is 156 g/mol. The molecule has 0 aromatic heterocycles. The van der Waals surface area contributed by atoms with Gasteiger partial charge < -0.3 is 0 Å². The molecule has 1 aromatic carbocycles. The summed E-state index contributed by atoms with van der Waals surface area (Å²) in [4.78, 5) is 0. The molecule has 0 spiro atoms. The number of hydrogen-bond donors (Lipinski definition) is 0. The van der Waals surface area contributed by atoms with Gasteiger partial charge in [-0.25, -0.2) is 8.78 Å². The molecule has 0 atom stereocenters. The first kappa shape index (κ1) is 8.18. The number of halogens is 2. The van der Waals surface area contributed by atoms with Crippen LogP contribution >= 0.6 is 0 Å². The van der Waals surface area contributed by atoms with E-state index in [0.717, 1.165) is 12.0 Å². The summed E-state index contributed by atoms with van der Waals surface area (Å²) >= 11 is 0. The highest BCUT2D eigenvalue weighted by Gasteiger charge is 2.00. The van der Waals surface area contributed by atoms with Crippen molar-refractivity contribution in [3.05, 3.63) is 35.1 Å². The number of hydrogen-bond acceptors (Lipinski definition) is 0. The molecule has 2 heteroatoms. The first-order valence-corrected chi connectivity index (χ1v) is 3.61. The number of benzene rings is 1. The van der Waals surface area contributed by atoms with Gasteiger partial charge in [0.05, 0.1) is 0 Å². The standard InChI is InChI=1S/C9H10F2/c1-2-7-3-4-9(11)8(5-7)6-10/h3-5H,2,6H2,1H3. The van der Waals surface area contributed by atoms with Gasteiger partial charge in [0.2, 0.25) is 0 Å². The highest BCUT2D eigenvalue weighted by Crippen LogP contribution is 2.11. The van der Waals surface area contributed by atoms with Gasteiger partial charge in [0.25, 0.3) is 0 Å². The molecule has 11 heavy (non-hydrogen) atoms. The largest absolute Gasteiger partial charge is 0.246 e. The van der Waals surface area contributed by atoms with E-state index < -0.39 is 12.5 Å². The second-order valence-corrected chi connectivity index (χ2v) is 2.41. The predicted molar refractivity (Wildman–Crippen MR) is 40.6 cm³/mol. The predicted octanol–water partition coefficient (Wildman–Crippen LogP) is 2.86. The molecule has 0 saturated heterocycles. The van der Waals surface area contributed by atoms with Crippen LogP contribution in [0.4, 0.5) is 8.78 Å². The minimum absolute atomic E-state index is 0.157. The molecule has 0 fully saturated rings. The van der Waals surface area contributed by atoms with Crippen molar-refractivity contribution < 1.29 is 8.78 Å². The monoisotopic (exact) mass is 156 g/mol. The first-order chi connectivity index (χ1) is 5.27. The molecule has 0 aliphatic rings. The number of aryl methyl sites for hydroxylation is 1. The molecule has 0 N–H and O–H groups in total. The Bertz CT molecular complexity index is 243. The third-order valence-electron chi connectivity index (χ3n) is 1.66. The summed E-state index contributed by atoms with van der Waals surface area (Å²) in [6, 6.07) is 4.55. The van der Waals surface area contributed by atoms with E-state index in [9.17, 15) is 8.78 Å². The fourth-order valence-corrected chi connectivity index (χ4v) is 0.950. The number of alkyl halides is 1. The molecule has 0 saturated carbocycles. The van der Waals surface area contributed by atoms with Crippen LogP contribution in [0.15, 0.2) is 18.2 Å². The molecular formula is C9H10F2. The Kier molecular flexibility index (Phi) is 2.58. The summed E-state index contributed by atoms with van der Waals surface area (Å²) in [7, 11) is 0. The maximum Gasteiger partial charge on any atom is 0.129 e. The lowest BCUT2D eigenvalue weighted by Crippen LogP contribution is -1.89. The van der Waals surface area contributed by atoms with Crippen LogP contribution in [0, 0.1) is 5.82 Å². The van der Waals surface area contributed by atoms with Crippen LogP contribution in [0.1, 0.15) is 18.1 Å². The van der Waals surface area contributed by atoms with Gasteiger partial charge in [-0.3, -0.25) is 0 Å². The molecule has 0 heterocycles. The van der Waals surface area contributed by atoms with Crippen LogP contribution in [0.3, 0.4) is 0 Å². The Morgan fingerprint density at radius 2 is 2.09 bits per heavy atom. The van der Waals surface area contributed by atoms with Gasteiger partial charge in [-0.1, -0.05) is 19.1 Å². The molecule has 1 aromatic rings. The highest BCUT2D eigenvalue weighted by molar-refractivity contribution is 5.24. The summed E-state index contributed by atoms with van der Waals surface area (Å²) in [6.45, 7) is 1.23. The zero-order valence-corrected chi connectivity index (χ0v) is 6.40. The Labute approximate surface area is 64.9 Å². The molecule has 0 unspecified atom stereocenters. The van der Waals surface area contributed by atoms with Crippen molar-refractivity contribution in [2.45, 2.75) is 20.0 Å². The molecule has 60 valence electrons. The van der Waals surface area contributed by atoms with Gasteiger partial charge in [-0.15, -0.1) is 0 Å². The molecule has 0 aliphatic heterocycles. The number of rotatable bonds is 2. The van der Waals surface area contributed by atoms with E-state index in [4.69, 9.17) is 0 Å². The van der Waals surface area contributed by atoms with E-state index in [1.165, 1.54) is 6.07 Å². The molecule has 0 nitrogen and oxygen atoms in total. The van der Waals surface area contributed by atoms with E-state index in [-0.39, 0.29) is 5.56 Å². The van der Waals surface area contributed by atoms with Crippen LogP contribution in [0.25, 0.3) is 0 Å². The van der Waals surface area contributed by atoms with Crippen LogP contribution in [-0.2, 0) is 13.1 Å². The van der Waals surface area contributed by atoms with E-state index in [0.29, 0.717) is 0 Å². The molecule has 0 radical (unpaired) electrons. The van der Waals surface area contributed by atoms with Gasteiger partial charge in [-0.05, 0) is 18.1 Å². The molecule has 0 bridgehead atoms. The fraction of sp³-hybridized carbons (Fsp3) is 0.333. The summed E-state index contributed by atoms with van der Waals surface area (Å²) < 4.78 is 24.7. The Balaban J connectivity index is 3.02. The zero-order chi connectivity index (χ0) is 8.27. The van der Waals surface area contributed by atoms with Crippen LogP contribution in [0.2, 0.25) is 0 Å². The molecule has 0 aliphatic carbocycles. The van der Waals surface area contributed by atoms with Crippen molar-refractivity contribution >= 4 is 0 Å². The fourth-order valence-electron chi connectivity index (χ4n) is 0.950. The van der Waals surface area contributed by atoms with Crippen molar-refractivity contribution in [1.29, 1.82) is 0 Å². The minimum Gasteiger partial charge on any atom is -0.246 e. The van der Waals surface area contributed by atoms with E-state index in [1.807, 2.05) is 6.92 Å². The summed E-state index contributed by atoms with van der Waals surface area (Å²) in [5, 5.41) is 0. The lowest BCUT2D eigenvalue weighted by molar-refractivity contribution is 0.463. The lowest BCUT2D eigenvalue weighted by atomic mass is 10.1. The van der Waals surface area contributed by atoms with Crippen molar-refractivity contribution in [3.63, 3.8) is 0 Å². The summed E-state index contributed by atoms with van der Waals surface area (Å²) in [5.74, 6) is -0.454. The first-order valence-electron chi connectivity index (χ1n) is 3.61. The van der Waals surface area contributed by atoms with E-state index >= 15 is 0 Å². The van der Waals surface area contributed by atoms with Gasteiger partial charge in [0, 0.05) is 5.56 Å². The smallest absolute Gasteiger partial charge is 0.129 e. The van der Waals surface area contributed by atoms with E-state index in [1.54, 1.807) is 12.1 Å². The van der Waals surface area contributed by atoms with Crippen LogP contribution < -0.4 is 0 Å². The van der Waals surface area contributed by atoms with Gasteiger partial charge in [-0.2, -0.15) is 0 Å². The maximum absolute atomic E-state index is 12.7. The SMILES string of the molecule is CCc1ccc(F)c(CF)c1. The minimum atomic E-state index is -0.723. The van der Waals surface area contributed by atoms with Crippen LogP contribution in [0.5, 0.6) is 0 Å². The summed E-state index contributed by atoms with van der Waals surface area (Å²) in [6.07, 6.45) is 0.813. The van der Waals surface area contributed by atoms with Crippen molar-refractivity contribution in [3.8, 4) is 0 Å². The Morgan fingerprint density at radius 3 is 2.64 bits per heavy atom. The normalized spacial score (nSPS) is 10.1. The molecule has 1 rings (SSSR count). The topological polar surface area (TPSA) is 0 Å². The van der Waals surface area contributed by atoms with Gasteiger partial charge in [0.15, 0.2) is 0 Å². The van der Waals surface area contributed by atoms with Crippen molar-refractivity contribution in [1.82, 2.24) is 0 Å². The van der Waals surface area contributed by atoms with Crippen LogP contribution in [-0.4, -0.2) is 0 Å². The van der Waals surface area contributed by atoms with Gasteiger partial charge in [0.1, 0.15) is 12.5 Å². The second-order valence-electron chi connectivity index (χ2n) is 2.41. The Morgan fingerprint density at radius 1 is 1.36 bits per heavy atom. The lowest BCUT2D eigenvalue weighted by Gasteiger charge is -2.00. The van der Waals surface area contributed by atoms with E-state index in [2.05, 4.69) is 0 Å². The maximum atomic E-state index is 12.7. The highest BCUT2D eigenvalue weighted by atomic mass is 19.1. The average Bonchev–Trinajstić information content (AvgIpc) is 2.05. The Hall–Kier alpha value is -0.920. The van der Waals surface area contributed by atoms with Gasteiger partial charge >= 0.3 is 0 Å². The zero-order valence-electron chi connectivity index (χ0n) is 6.40. The van der Waals surface area contributed by atoms with Crippen molar-refractivity contribution in [2.24, 2.45) is 0 Å². The molecule has 0 amide bonds. The third-order valence-corrected chi connectivity index (χ3v) is 1.66. The third kappa shape index (κ3) is 1.76. The second kappa shape index (κ2) is 3.46. The quantitative estimate of drug-likeness (QED) is 0.617. The summed E-state index contributed by atoms with van der Waals surface area (Å²) in [5.41, 5.74) is 1.13.